The molecule has 0 saturated carbocycles. The van der Waals surface area contributed by atoms with Crippen molar-refractivity contribution in [2.45, 2.75) is 52.4 Å². The molecule has 0 radical (unpaired) electrons. The molecule has 7 nitrogen and oxygen atoms in total. The average Bonchev–Trinajstić information content (AvgIpc) is 4.43. The van der Waals surface area contributed by atoms with Crippen LogP contribution in [-0.2, 0) is 10.8 Å². The van der Waals surface area contributed by atoms with Gasteiger partial charge in [-0.05, 0) is 123 Å². The summed E-state index contributed by atoms with van der Waals surface area (Å²) in [5.74, 6) is 0. The Bertz CT molecular complexity index is 5020. The SMILES string of the molecule is [C-]#[N+]c1cc2c3cc4ccc(N(c5ccccc5)c5cccc6c5oc5c(C(C)(C)C)cccc56)cc4cc3oc2c2oc3cc4cc(N(c5ccccc5)c5cccc6c5oc5c(C(C)(C)C)cccc56)ccc4cc3c12. The van der Waals surface area contributed by atoms with Crippen LogP contribution in [0.25, 0.3) is 114 Å². The summed E-state index contributed by atoms with van der Waals surface area (Å²) in [6, 6.07) is 70.2. The molecule has 0 bridgehead atoms. The Morgan fingerprint density at radius 1 is 0.333 bits per heavy atom. The van der Waals surface area contributed by atoms with Gasteiger partial charge in [-0.15, -0.1) is 0 Å². The highest BCUT2D eigenvalue weighted by Crippen LogP contribution is 2.50. The fourth-order valence-electron chi connectivity index (χ4n) is 12.1. The molecule has 374 valence electrons. The molecule has 4 aromatic heterocycles. The first-order valence-corrected chi connectivity index (χ1v) is 26.6. The molecule has 0 spiro atoms. The molecule has 0 aliphatic rings. The molecule has 15 aromatic rings. The average molecular weight is 1010 g/mol. The molecule has 78 heavy (non-hydrogen) atoms. The Morgan fingerprint density at radius 3 is 1.27 bits per heavy atom. The van der Waals surface area contributed by atoms with E-state index in [-0.39, 0.29) is 10.8 Å². The molecule has 0 aliphatic carbocycles. The Balaban J connectivity index is 0.866. The van der Waals surface area contributed by atoms with Crippen LogP contribution in [0.15, 0.2) is 218 Å². The van der Waals surface area contributed by atoms with Crippen LogP contribution in [0.4, 0.5) is 39.8 Å². The van der Waals surface area contributed by atoms with Gasteiger partial charge >= 0.3 is 0 Å². The smallest absolute Gasteiger partial charge is 0.199 e. The minimum atomic E-state index is -0.101. The highest BCUT2D eigenvalue weighted by molar-refractivity contribution is 6.26. The standard InChI is InChI=1S/C71H51N3O4/c1-70(2,3)56-26-14-22-49-51-24-16-28-59(66(51)77-64(49)56)73(45-18-10-8-11-19-45)47-32-30-41-36-53-54-40-58(72-7)63-55-37-42-31-33-48(35-44(42)39-62(55)76-69(63)68(54)75-61(53)38-43(41)34-47)74(46-20-12-9-13-21-46)60-29-17-25-52-50-23-15-27-57(71(4,5)6)65(50)78-67(52)60/h8-40H,1-6H3. The zero-order chi connectivity index (χ0) is 52.8. The molecule has 11 aromatic carbocycles. The third-order valence-electron chi connectivity index (χ3n) is 15.8. The van der Waals surface area contributed by atoms with Crippen LogP contribution < -0.4 is 9.80 Å². The van der Waals surface area contributed by atoms with Crippen LogP contribution in [0, 0.1) is 6.57 Å². The molecule has 0 saturated heterocycles. The van der Waals surface area contributed by atoms with Crippen LogP contribution in [0.1, 0.15) is 52.7 Å². The van der Waals surface area contributed by atoms with Gasteiger partial charge in [0, 0.05) is 77.0 Å². The van der Waals surface area contributed by atoms with E-state index in [4.69, 9.17) is 24.2 Å². The van der Waals surface area contributed by atoms with Crippen molar-refractivity contribution in [1.29, 1.82) is 0 Å². The van der Waals surface area contributed by atoms with Gasteiger partial charge in [-0.1, -0.05) is 151 Å². The second kappa shape index (κ2) is 16.6. The molecule has 15 rings (SSSR count). The summed E-state index contributed by atoms with van der Waals surface area (Å²) in [5.41, 5.74) is 14.6. The monoisotopic (exact) mass is 1010 g/mol. The number of benzene rings is 11. The summed E-state index contributed by atoms with van der Waals surface area (Å²) in [6.07, 6.45) is 0. The van der Waals surface area contributed by atoms with Crippen LogP contribution >= 0.6 is 0 Å². The van der Waals surface area contributed by atoms with Crippen LogP contribution in [0.2, 0.25) is 0 Å². The molecule has 4 heterocycles. The van der Waals surface area contributed by atoms with Crippen molar-refractivity contribution in [3.63, 3.8) is 0 Å². The van der Waals surface area contributed by atoms with Gasteiger partial charge in [0.15, 0.2) is 28.0 Å². The van der Waals surface area contributed by atoms with Gasteiger partial charge in [0.25, 0.3) is 0 Å². The van der Waals surface area contributed by atoms with Crippen molar-refractivity contribution in [3.05, 3.63) is 223 Å². The summed E-state index contributed by atoms with van der Waals surface area (Å²) in [4.78, 5) is 8.67. The van der Waals surface area contributed by atoms with E-state index in [2.05, 4.69) is 238 Å². The van der Waals surface area contributed by atoms with Crippen LogP contribution in [-0.4, -0.2) is 0 Å². The second-order valence-corrected chi connectivity index (χ2v) is 22.8. The summed E-state index contributed by atoms with van der Waals surface area (Å²) >= 11 is 0. The van der Waals surface area contributed by atoms with E-state index in [1.807, 2.05) is 18.2 Å². The molecule has 0 atom stereocenters. The fourth-order valence-corrected chi connectivity index (χ4v) is 12.1. The molecule has 0 aliphatic heterocycles. The molecule has 0 unspecified atom stereocenters. The maximum absolute atomic E-state index is 8.50. The predicted octanol–water partition coefficient (Wildman–Crippen LogP) is 21.7. The van der Waals surface area contributed by atoms with E-state index in [0.29, 0.717) is 28.0 Å². The molecule has 0 N–H and O–H groups in total. The molecule has 0 amide bonds. The van der Waals surface area contributed by atoms with Gasteiger partial charge in [-0.3, -0.25) is 0 Å². The Morgan fingerprint density at radius 2 is 0.782 bits per heavy atom. The quantitative estimate of drug-likeness (QED) is 0.155. The molecule has 7 heteroatoms. The Labute approximate surface area is 449 Å². The summed E-state index contributed by atoms with van der Waals surface area (Å²) in [7, 11) is 0. The molecule has 0 fully saturated rings. The van der Waals surface area contributed by atoms with E-state index >= 15 is 0 Å². The number of anilines is 6. The number of para-hydroxylation sites is 6. The molecular weight excluding hydrogens is 959 g/mol. The highest BCUT2D eigenvalue weighted by Gasteiger charge is 2.27. The highest BCUT2D eigenvalue weighted by atomic mass is 16.4. The van der Waals surface area contributed by atoms with E-state index < -0.39 is 0 Å². The molecular formula is C71H51N3O4. The fraction of sp³-hybridized carbons (Fsp3) is 0.113. The first kappa shape index (κ1) is 45.6. The van der Waals surface area contributed by atoms with Crippen LogP contribution in [0.5, 0.6) is 0 Å². The van der Waals surface area contributed by atoms with Gasteiger partial charge in [-0.2, -0.15) is 0 Å². The summed E-state index contributed by atoms with van der Waals surface area (Å²) in [6.45, 7) is 21.9. The predicted molar refractivity (Wildman–Crippen MR) is 324 cm³/mol. The number of nitrogens with zero attached hydrogens (tertiary/aromatic N) is 3. The van der Waals surface area contributed by atoms with Gasteiger partial charge in [0.05, 0.1) is 17.9 Å². The van der Waals surface area contributed by atoms with E-state index in [1.165, 1.54) is 11.1 Å². The van der Waals surface area contributed by atoms with Crippen molar-refractivity contribution in [1.82, 2.24) is 0 Å². The van der Waals surface area contributed by atoms with Crippen molar-refractivity contribution in [2.75, 3.05) is 9.80 Å². The van der Waals surface area contributed by atoms with E-state index in [0.717, 1.165) is 121 Å². The first-order valence-electron chi connectivity index (χ1n) is 26.6. The van der Waals surface area contributed by atoms with Crippen molar-refractivity contribution < 1.29 is 17.7 Å². The maximum Gasteiger partial charge on any atom is 0.199 e. The minimum Gasteiger partial charge on any atom is -0.454 e. The van der Waals surface area contributed by atoms with Gasteiger partial charge < -0.3 is 27.5 Å². The third kappa shape index (κ3) is 6.89. The first-order chi connectivity index (χ1) is 37.9. The lowest BCUT2D eigenvalue weighted by molar-refractivity contribution is 0.572. The number of hydrogen-bond acceptors (Lipinski definition) is 6. The van der Waals surface area contributed by atoms with Crippen molar-refractivity contribution in [2.24, 2.45) is 0 Å². The third-order valence-corrected chi connectivity index (χ3v) is 15.8. The zero-order valence-corrected chi connectivity index (χ0v) is 44.0. The summed E-state index contributed by atoms with van der Waals surface area (Å²) < 4.78 is 27.6. The number of fused-ring (bicyclic) bond motifs is 15. The lowest BCUT2D eigenvalue weighted by Gasteiger charge is -2.25. The summed E-state index contributed by atoms with van der Waals surface area (Å²) in [5, 5.41) is 11.8. The van der Waals surface area contributed by atoms with Gasteiger partial charge in [-0.25, -0.2) is 4.85 Å². The van der Waals surface area contributed by atoms with Gasteiger partial charge in [0.1, 0.15) is 22.3 Å². The lowest BCUT2D eigenvalue weighted by Crippen LogP contribution is -2.11. The largest absolute Gasteiger partial charge is 0.454 e. The number of hydrogen-bond donors (Lipinski definition) is 0. The number of furan rings is 4. The topological polar surface area (TPSA) is 63.4 Å². The van der Waals surface area contributed by atoms with E-state index in [1.54, 1.807) is 0 Å². The zero-order valence-electron chi connectivity index (χ0n) is 44.0. The Kier molecular flexibility index (Phi) is 9.71. The van der Waals surface area contributed by atoms with Crippen molar-refractivity contribution >= 4 is 149 Å². The maximum atomic E-state index is 8.50. The normalized spacial score (nSPS) is 12.5. The van der Waals surface area contributed by atoms with E-state index in [9.17, 15) is 0 Å². The van der Waals surface area contributed by atoms with Gasteiger partial charge in [0.2, 0.25) is 0 Å². The minimum absolute atomic E-state index is 0.0985. The number of rotatable bonds is 6. The van der Waals surface area contributed by atoms with Crippen LogP contribution in [0.3, 0.4) is 0 Å². The lowest BCUT2D eigenvalue weighted by atomic mass is 9.86. The Hall–Kier alpha value is -9.77. The second-order valence-electron chi connectivity index (χ2n) is 22.8. The van der Waals surface area contributed by atoms with Crippen molar-refractivity contribution in [3.8, 4) is 0 Å².